The van der Waals surface area contributed by atoms with Gasteiger partial charge in [-0.25, -0.2) is 4.79 Å². The SMILES string of the molecule is COC(=O)[C@@H](C)OCc1ccc2c(c1)OCO2. The fraction of sp³-hybridized carbons (Fsp3) is 0.417. The third-order valence-electron chi connectivity index (χ3n) is 2.47. The van der Waals surface area contributed by atoms with Gasteiger partial charge >= 0.3 is 5.97 Å². The van der Waals surface area contributed by atoms with Crippen molar-refractivity contribution in [3.8, 4) is 11.5 Å². The van der Waals surface area contributed by atoms with Gasteiger partial charge in [0.25, 0.3) is 0 Å². The molecule has 5 heteroatoms. The summed E-state index contributed by atoms with van der Waals surface area (Å²) in [5.41, 5.74) is 0.921. The summed E-state index contributed by atoms with van der Waals surface area (Å²) >= 11 is 0. The fourth-order valence-corrected chi connectivity index (χ4v) is 1.49. The first kappa shape index (κ1) is 11.7. The standard InChI is InChI=1S/C12H14O5/c1-8(12(13)14-2)15-6-9-3-4-10-11(5-9)17-7-16-10/h3-5,8H,6-7H2,1-2H3/t8-/m1/s1. The molecule has 0 fully saturated rings. The fourth-order valence-electron chi connectivity index (χ4n) is 1.49. The zero-order valence-corrected chi connectivity index (χ0v) is 9.76. The van der Waals surface area contributed by atoms with Crippen molar-refractivity contribution in [1.29, 1.82) is 0 Å². The highest BCUT2D eigenvalue weighted by Crippen LogP contribution is 2.32. The van der Waals surface area contributed by atoms with Crippen molar-refractivity contribution in [2.75, 3.05) is 13.9 Å². The number of hydrogen-bond acceptors (Lipinski definition) is 5. The van der Waals surface area contributed by atoms with Crippen LogP contribution in [-0.4, -0.2) is 26.0 Å². The maximum atomic E-state index is 11.1. The number of fused-ring (bicyclic) bond motifs is 1. The quantitative estimate of drug-likeness (QED) is 0.744. The molecule has 0 aromatic heterocycles. The van der Waals surface area contributed by atoms with Gasteiger partial charge in [0.2, 0.25) is 6.79 Å². The van der Waals surface area contributed by atoms with E-state index < -0.39 is 6.10 Å². The Hall–Kier alpha value is -1.75. The van der Waals surface area contributed by atoms with Gasteiger partial charge < -0.3 is 18.9 Å². The van der Waals surface area contributed by atoms with Gasteiger partial charge in [0.05, 0.1) is 13.7 Å². The Labute approximate surface area is 99.2 Å². The summed E-state index contributed by atoms with van der Waals surface area (Å²) in [6, 6.07) is 5.54. The molecule has 1 aromatic carbocycles. The van der Waals surface area contributed by atoms with Crippen molar-refractivity contribution < 1.29 is 23.7 Å². The van der Waals surface area contributed by atoms with E-state index in [1.807, 2.05) is 18.2 Å². The van der Waals surface area contributed by atoms with Crippen molar-refractivity contribution in [3.63, 3.8) is 0 Å². The van der Waals surface area contributed by atoms with Gasteiger partial charge in [-0.05, 0) is 24.6 Å². The normalized spacial score (nSPS) is 14.5. The molecule has 0 aliphatic carbocycles. The molecular formula is C12H14O5. The number of hydrogen-bond donors (Lipinski definition) is 0. The Morgan fingerprint density at radius 2 is 2.18 bits per heavy atom. The van der Waals surface area contributed by atoms with Gasteiger partial charge in [-0.15, -0.1) is 0 Å². The van der Waals surface area contributed by atoms with E-state index in [9.17, 15) is 4.79 Å². The molecule has 92 valence electrons. The van der Waals surface area contributed by atoms with Gasteiger partial charge in [-0.2, -0.15) is 0 Å². The van der Waals surface area contributed by atoms with Crippen molar-refractivity contribution >= 4 is 5.97 Å². The number of methoxy groups -OCH3 is 1. The molecule has 1 atom stereocenters. The number of carbonyl (C=O) groups excluding carboxylic acids is 1. The van der Waals surface area contributed by atoms with Gasteiger partial charge in [-0.1, -0.05) is 6.07 Å². The van der Waals surface area contributed by atoms with Crippen LogP contribution in [0.3, 0.4) is 0 Å². The largest absolute Gasteiger partial charge is 0.467 e. The zero-order chi connectivity index (χ0) is 12.3. The molecule has 1 aliphatic rings. The third-order valence-corrected chi connectivity index (χ3v) is 2.47. The van der Waals surface area contributed by atoms with E-state index in [1.54, 1.807) is 6.92 Å². The lowest BCUT2D eigenvalue weighted by Gasteiger charge is -2.10. The second kappa shape index (κ2) is 5.05. The van der Waals surface area contributed by atoms with E-state index in [-0.39, 0.29) is 12.8 Å². The van der Waals surface area contributed by atoms with Crippen LogP contribution in [-0.2, 0) is 20.9 Å². The van der Waals surface area contributed by atoms with Crippen LogP contribution >= 0.6 is 0 Å². The monoisotopic (exact) mass is 238 g/mol. The number of ether oxygens (including phenoxy) is 4. The summed E-state index contributed by atoms with van der Waals surface area (Å²) in [5.74, 6) is 1.05. The molecule has 0 spiro atoms. The van der Waals surface area contributed by atoms with Crippen molar-refractivity contribution in [2.24, 2.45) is 0 Å². The first-order chi connectivity index (χ1) is 8.20. The third kappa shape index (κ3) is 2.68. The van der Waals surface area contributed by atoms with Crippen molar-refractivity contribution in [1.82, 2.24) is 0 Å². The summed E-state index contributed by atoms with van der Waals surface area (Å²) in [4.78, 5) is 11.1. The van der Waals surface area contributed by atoms with Crippen LogP contribution in [0.15, 0.2) is 18.2 Å². The minimum atomic E-state index is -0.578. The van der Waals surface area contributed by atoms with E-state index in [0.29, 0.717) is 12.4 Å². The molecule has 5 nitrogen and oxygen atoms in total. The van der Waals surface area contributed by atoms with Crippen molar-refractivity contribution in [3.05, 3.63) is 23.8 Å². The predicted molar refractivity (Wildman–Crippen MR) is 58.8 cm³/mol. The molecule has 0 radical (unpaired) electrons. The smallest absolute Gasteiger partial charge is 0.334 e. The highest BCUT2D eigenvalue weighted by Gasteiger charge is 2.16. The average molecular weight is 238 g/mol. The zero-order valence-electron chi connectivity index (χ0n) is 9.76. The molecule has 0 N–H and O–H groups in total. The second-order valence-electron chi connectivity index (χ2n) is 3.66. The van der Waals surface area contributed by atoms with Crippen LogP contribution in [0.1, 0.15) is 12.5 Å². The van der Waals surface area contributed by atoms with Crippen molar-refractivity contribution in [2.45, 2.75) is 19.6 Å². The highest BCUT2D eigenvalue weighted by atomic mass is 16.7. The lowest BCUT2D eigenvalue weighted by molar-refractivity contribution is -0.153. The molecule has 1 aliphatic heterocycles. The summed E-state index contributed by atoms with van der Waals surface area (Å²) in [5, 5.41) is 0. The van der Waals surface area contributed by atoms with E-state index in [4.69, 9.17) is 14.2 Å². The molecule has 0 saturated heterocycles. The molecule has 0 unspecified atom stereocenters. The van der Waals surface area contributed by atoms with E-state index in [0.717, 1.165) is 11.3 Å². The van der Waals surface area contributed by atoms with E-state index in [1.165, 1.54) is 7.11 Å². The first-order valence-corrected chi connectivity index (χ1v) is 5.28. The van der Waals surface area contributed by atoms with Crippen LogP contribution in [0.5, 0.6) is 11.5 Å². The summed E-state index contributed by atoms with van der Waals surface area (Å²) in [6.07, 6.45) is -0.578. The molecule has 1 heterocycles. The number of rotatable bonds is 4. The summed E-state index contributed by atoms with van der Waals surface area (Å²) < 4.78 is 20.4. The Balaban J connectivity index is 1.93. The van der Waals surface area contributed by atoms with Gasteiger partial charge in [0.1, 0.15) is 0 Å². The van der Waals surface area contributed by atoms with Crippen LogP contribution in [0.2, 0.25) is 0 Å². The topological polar surface area (TPSA) is 54.0 Å². The van der Waals surface area contributed by atoms with Gasteiger partial charge in [0, 0.05) is 0 Å². The predicted octanol–water partition coefficient (Wildman–Crippen LogP) is 1.49. The van der Waals surface area contributed by atoms with Crippen LogP contribution in [0.4, 0.5) is 0 Å². The molecule has 0 amide bonds. The van der Waals surface area contributed by atoms with Gasteiger partial charge in [-0.3, -0.25) is 0 Å². The molecular weight excluding hydrogens is 224 g/mol. The number of carbonyl (C=O) groups is 1. The number of benzene rings is 1. The van der Waals surface area contributed by atoms with Crippen LogP contribution in [0.25, 0.3) is 0 Å². The van der Waals surface area contributed by atoms with E-state index in [2.05, 4.69) is 4.74 Å². The maximum absolute atomic E-state index is 11.1. The Morgan fingerprint density at radius 3 is 2.94 bits per heavy atom. The molecule has 0 bridgehead atoms. The summed E-state index contributed by atoms with van der Waals surface area (Å²) in [7, 11) is 1.34. The Bertz CT molecular complexity index is 415. The van der Waals surface area contributed by atoms with Gasteiger partial charge in [0.15, 0.2) is 17.6 Å². The first-order valence-electron chi connectivity index (χ1n) is 5.28. The minimum absolute atomic E-state index is 0.248. The Morgan fingerprint density at radius 1 is 1.41 bits per heavy atom. The molecule has 17 heavy (non-hydrogen) atoms. The second-order valence-corrected chi connectivity index (χ2v) is 3.66. The maximum Gasteiger partial charge on any atom is 0.334 e. The Kier molecular flexibility index (Phi) is 3.49. The average Bonchev–Trinajstić information content (AvgIpc) is 2.82. The molecule has 0 saturated carbocycles. The van der Waals surface area contributed by atoms with Crippen LogP contribution < -0.4 is 9.47 Å². The van der Waals surface area contributed by atoms with Crippen LogP contribution in [0, 0.1) is 0 Å². The highest BCUT2D eigenvalue weighted by molar-refractivity contribution is 5.73. The number of esters is 1. The minimum Gasteiger partial charge on any atom is -0.467 e. The molecule has 1 aromatic rings. The summed E-state index contributed by atoms with van der Waals surface area (Å²) in [6.45, 7) is 2.23. The van der Waals surface area contributed by atoms with E-state index >= 15 is 0 Å². The molecule has 2 rings (SSSR count). The lowest BCUT2D eigenvalue weighted by atomic mass is 10.2. The lowest BCUT2D eigenvalue weighted by Crippen LogP contribution is -2.21.